The SMILES string of the molecule is Cc1ccnc(NC(=O)COc2ccc(F)c(F)c2)c1C1CC1. The lowest BCUT2D eigenvalue weighted by atomic mass is 10.1. The van der Waals surface area contributed by atoms with Crippen molar-refractivity contribution in [1.82, 2.24) is 4.98 Å². The second-order valence-corrected chi connectivity index (χ2v) is 5.58. The Morgan fingerprint density at radius 3 is 2.78 bits per heavy atom. The summed E-state index contributed by atoms with van der Waals surface area (Å²) < 4.78 is 31.1. The van der Waals surface area contributed by atoms with Crippen LogP contribution in [0, 0.1) is 18.6 Å². The van der Waals surface area contributed by atoms with E-state index in [1.807, 2.05) is 13.0 Å². The van der Waals surface area contributed by atoms with Crippen LogP contribution in [0.4, 0.5) is 14.6 Å². The van der Waals surface area contributed by atoms with Crippen LogP contribution < -0.4 is 10.1 Å². The first-order chi connectivity index (χ1) is 11.0. The highest BCUT2D eigenvalue weighted by molar-refractivity contribution is 5.92. The maximum atomic E-state index is 13.1. The van der Waals surface area contributed by atoms with Gasteiger partial charge in [0.05, 0.1) is 0 Å². The largest absolute Gasteiger partial charge is 0.484 e. The van der Waals surface area contributed by atoms with Crippen LogP contribution in [0.15, 0.2) is 30.5 Å². The van der Waals surface area contributed by atoms with E-state index in [0.717, 1.165) is 36.1 Å². The van der Waals surface area contributed by atoms with E-state index in [1.165, 1.54) is 6.07 Å². The van der Waals surface area contributed by atoms with Gasteiger partial charge in [0.25, 0.3) is 5.91 Å². The summed E-state index contributed by atoms with van der Waals surface area (Å²) in [6.45, 7) is 1.69. The van der Waals surface area contributed by atoms with E-state index >= 15 is 0 Å². The zero-order valence-electron chi connectivity index (χ0n) is 12.6. The van der Waals surface area contributed by atoms with Gasteiger partial charge in [-0.3, -0.25) is 4.79 Å². The van der Waals surface area contributed by atoms with Gasteiger partial charge in [-0.1, -0.05) is 0 Å². The number of nitrogens with one attached hydrogen (secondary N) is 1. The van der Waals surface area contributed by atoms with Crippen LogP contribution in [0.3, 0.4) is 0 Å². The highest BCUT2D eigenvalue weighted by Gasteiger charge is 2.28. The zero-order chi connectivity index (χ0) is 16.4. The van der Waals surface area contributed by atoms with Crippen molar-refractivity contribution in [3.8, 4) is 5.75 Å². The number of hydrogen-bond donors (Lipinski definition) is 1. The number of rotatable bonds is 5. The fourth-order valence-corrected chi connectivity index (χ4v) is 2.44. The summed E-state index contributed by atoms with van der Waals surface area (Å²) in [5.41, 5.74) is 2.16. The van der Waals surface area contributed by atoms with Crippen molar-refractivity contribution in [2.75, 3.05) is 11.9 Å². The molecule has 6 heteroatoms. The lowest BCUT2D eigenvalue weighted by Crippen LogP contribution is -2.21. The molecule has 120 valence electrons. The molecule has 1 fully saturated rings. The average molecular weight is 318 g/mol. The van der Waals surface area contributed by atoms with Crippen LogP contribution in [-0.4, -0.2) is 17.5 Å². The number of amides is 1. The molecule has 1 aromatic heterocycles. The van der Waals surface area contributed by atoms with Crippen LogP contribution in [0.2, 0.25) is 0 Å². The van der Waals surface area contributed by atoms with Crippen molar-refractivity contribution in [2.45, 2.75) is 25.7 Å². The summed E-state index contributed by atoms with van der Waals surface area (Å²) in [6, 6.07) is 5.05. The van der Waals surface area contributed by atoms with Gasteiger partial charge in [0.1, 0.15) is 11.6 Å². The molecule has 23 heavy (non-hydrogen) atoms. The molecule has 1 heterocycles. The topological polar surface area (TPSA) is 51.2 Å². The van der Waals surface area contributed by atoms with Gasteiger partial charge in [0, 0.05) is 17.8 Å². The molecule has 0 radical (unpaired) electrons. The third-order valence-corrected chi connectivity index (χ3v) is 3.71. The lowest BCUT2D eigenvalue weighted by molar-refractivity contribution is -0.118. The number of ether oxygens (including phenoxy) is 1. The van der Waals surface area contributed by atoms with Crippen molar-refractivity contribution in [3.05, 3.63) is 53.2 Å². The normalized spacial score (nSPS) is 13.7. The van der Waals surface area contributed by atoms with Gasteiger partial charge in [-0.15, -0.1) is 0 Å². The predicted molar refractivity (Wildman–Crippen MR) is 81.4 cm³/mol. The number of carbonyl (C=O) groups is 1. The molecular formula is C17H16F2N2O2. The van der Waals surface area contributed by atoms with Crippen molar-refractivity contribution in [1.29, 1.82) is 0 Å². The van der Waals surface area contributed by atoms with Gasteiger partial charge < -0.3 is 10.1 Å². The first-order valence-electron chi connectivity index (χ1n) is 7.38. The number of halogens is 2. The predicted octanol–water partition coefficient (Wildman–Crippen LogP) is 3.56. The van der Waals surface area contributed by atoms with Gasteiger partial charge in [0.2, 0.25) is 0 Å². The number of aryl methyl sites for hydroxylation is 1. The Morgan fingerprint density at radius 1 is 1.30 bits per heavy atom. The Labute approximate surface area is 132 Å². The van der Waals surface area contributed by atoms with Gasteiger partial charge in [-0.2, -0.15) is 0 Å². The van der Waals surface area contributed by atoms with Crippen LogP contribution >= 0.6 is 0 Å². The number of anilines is 1. The molecule has 0 saturated heterocycles. The summed E-state index contributed by atoms with van der Waals surface area (Å²) in [5, 5.41) is 2.73. The van der Waals surface area contributed by atoms with Crippen molar-refractivity contribution in [3.63, 3.8) is 0 Å². The Balaban J connectivity index is 1.63. The van der Waals surface area contributed by atoms with E-state index in [2.05, 4.69) is 10.3 Å². The molecule has 1 N–H and O–H groups in total. The third-order valence-electron chi connectivity index (χ3n) is 3.71. The molecule has 2 aromatic rings. The molecule has 0 spiro atoms. The van der Waals surface area contributed by atoms with E-state index in [4.69, 9.17) is 4.74 Å². The number of pyridine rings is 1. The Hall–Kier alpha value is -2.50. The van der Waals surface area contributed by atoms with Gasteiger partial charge >= 0.3 is 0 Å². The summed E-state index contributed by atoms with van der Waals surface area (Å²) in [4.78, 5) is 16.2. The molecule has 3 rings (SSSR count). The lowest BCUT2D eigenvalue weighted by Gasteiger charge is -2.12. The fraction of sp³-hybridized carbons (Fsp3) is 0.294. The standard InChI is InChI=1S/C17H16F2N2O2/c1-10-6-7-20-17(16(10)11-2-3-11)21-15(22)9-23-12-4-5-13(18)14(19)8-12/h4-8,11H,2-3,9H2,1H3,(H,20,21,22). The molecule has 1 aromatic carbocycles. The zero-order valence-corrected chi connectivity index (χ0v) is 12.6. The Bertz CT molecular complexity index is 745. The van der Waals surface area contributed by atoms with Crippen molar-refractivity contribution >= 4 is 11.7 Å². The number of carbonyl (C=O) groups excluding carboxylic acids is 1. The minimum absolute atomic E-state index is 0.0960. The highest BCUT2D eigenvalue weighted by atomic mass is 19.2. The average Bonchev–Trinajstić information content (AvgIpc) is 3.33. The summed E-state index contributed by atoms with van der Waals surface area (Å²) in [7, 11) is 0. The van der Waals surface area contributed by atoms with E-state index in [1.54, 1.807) is 6.20 Å². The molecule has 1 aliphatic rings. The Morgan fingerprint density at radius 2 is 2.09 bits per heavy atom. The monoisotopic (exact) mass is 318 g/mol. The third kappa shape index (κ3) is 3.64. The van der Waals surface area contributed by atoms with Crippen LogP contribution in [0.1, 0.15) is 29.9 Å². The minimum atomic E-state index is -1.01. The summed E-state index contributed by atoms with van der Waals surface area (Å²) >= 11 is 0. The molecule has 4 nitrogen and oxygen atoms in total. The van der Waals surface area contributed by atoms with Gasteiger partial charge in [0.15, 0.2) is 18.2 Å². The van der Waals surface area contributed by atoms with Crippen molar-refractivity contribution in [2.24, 2.45) is 0 Å². The molecule has 0 aliphatic heterocycles. The molecule has 1 amide bonds. The minimum Gasteiger partial charge on any atom is -0.484 e. The number of nitrogens with zero attached hydrogens (tertiary/aromatic N) is 1. The molecule has 0 atom stereocenters. The molecule has 0 unspecified atom stereocenters. The number of aromatic nitrogens is 1. The van der Waals surface area contributed by atoms with Gasteiger partial charge in [-0.05, 0) is 49.4 Å². The first kappa shape index (κ1) is 15.4. The maximum Gasteiger partial charge on any atom is 0.263 e. The first-order valence-corrected chi connectivity index (χ1v) is 7.38. The second kappa shape index (κ2) is 6.32. The number of benzene rings is 1. The molecular weight excluding hydrogens is 302 g/mol. The fourth-order valence-electron chi connectivity index (χ4n) is 2.44. The van der Waals surface area contributed by atoms with E-state index in [0.29, 0.717) is 11.7 Å². The molecule has 1 saturated carbocycles. The van der Waals surface area contributed by atoms with E-state index in [9.17, 15) is 13.6 Å². The van der Waals surface area contributed by atoms with Crippen LogP contribution in [0.5, 0.6) is 5.75 Å². The molecule has 0 bridgehead atoms. The number of hydrogen-bond acceptors (Lipinski definition) is 3. The quantitative estimate of drug-likeness (QED) is 0.917. The van der Waals surface area contributed by atoms with Gasteiger partial charge in [-0.25, -0.2) is 13.8 Å². The van der Waals surface area contributed by atoms with Crippen molar-refractivity contribution < 1.29 is 18.3 Å². The summed E-state index contributed by atoms with van der Waals surface area (Å²) in [6.07, 6.45) is 3.84. The summed E-state index contributed by atoms with van der Waals surface area (Å²) in [5.74, 6) is -1.27. The van der Waals surface area contributed by atoms with Crippen LogP contribution in [-0.2, 0) is 4.79 Å². The Kier molecular flexibility index (Phi) is 4.23. The smallest absolute Gasteiger partial charge is 0.263 e. The molecule has 1 aliphatic carbocycles. The van der Waals surface area contributed by atoms with E-state index in [-0.39, 0.29) is 12.4 Å². The highest BCUT2D eigenvalue weighted by Crippen LogP contribution is 2.44. The van der Waals surface area contributed by atoms with Crippen LogP contribution in [0.25, 0.3) is 0 Å². The second-order valence-electron chi connectivity index (χ2n) is 5.58. The maximum absolute atomic E-state index is 13.1. The van der Waals surface area contributed by atoms with E-state index < -0.39 is 17.5 Å².